The molecular weight excluding hydrogens is 264 g/mol. The summed E-state index contributed by atoms with van der Waals surface area (Å²) in [5, 5.41) is 3.28. The number of ether oxygens (including phenoxy) is 1. The van der Waals surface area contributed by atoms with E-state index in [0.717, 1.165) is 48.6 Å². The van der Waals surface area contributed by atoms with Crippen LogP contribution in [0.5, 0.6) is 5.75 Å². The molecule has 21 heavy (non-hydrogen) atoms. The zero-order valence-electron chi connectivity index (χ0n) is 13.5. The van der Waals surface area contributed by atoms with Crippen LogP contribution in [0.25, 0.3) is 0 Å². The molecular formula is C17H26N2O2. The van der Waals surface area contributed by atoms with Gasteiger partial charge in [-0.15, -0.1) is 0 Å². The predicted molar refractivity (Wildman–Crippen MR) is 85.2 cm³/mol. The van der Waals surface area contributed by atoms with Gasteiger partial charge in [0.15, 0.2) is 0 Å². The fraction of sp³-hybridized carbons (Fsp3) is 0.588. The van der Waals surface area contributed by atoms with Gasteiger partial charge in [0.05, 0.1) is 6.61 Å². The first-order valence-corrected chi connectivity index (χ1v) is 7.82. The molecule has 1 heterocycles. The summed E-state index contributed by atoms with van der Waals surface area (Å²) >= 11 is 0. The number of rotatable bonds is 4. The van der Waals surface area contributed by atoms with Crippen molar-refractivity contribution in [1.82, 2.24) is 10.2 Å². The summed E-state index contributed by atoms with van der Waals surface area (Å²) in [5.74, 6) is 1.38. The maximum absolute atomic E-state index is 12.7. The van der Waals surface area contributed by atoms with Crippen LogP contribution in [0.15, 0.2) is 12.1 Å². The summed E-state index contributed by atoms with van der Waals surface area (Å²) in [5.41, 5.74) is 2.91. The van der Waals surface area contributed by atoms with Crippen LogP contribution < -0.4 is 10.1 Å². The number of amides is 1. The molecule has 1 fully saturated rings. The summed E-state index contributed by atoms with van der Waals surface area (Å²) in [7, 11) is 0. The second-order valence-corrected chi connectivity index (χ2v) is 5.83. The topological polar surface area (TPSA) is 41.6 Å². The zero-order chi connectivity index (χ0) is 15.4. The van der Waals surface area contributed by atoms with E-state index in [-0.39, 0.29) is 5.91 Å². The van der Waals surface area contributed by atoms with Crippen molar-refractivity contribution in [3.8, 4) is 5.75 Å². The van der Waals surface area contributed by atoms with E-state index in [0.29, 0.717) is 12.5 Å². The van der Waals surface area contributed by atoms with Gasteiger partial charge in [0.2, 0.25) is 0 Å². The third-order valence-corrected chi connectivity index (χ3v) is 3.91. The van der Waals surface area contributed by atoms with Gasteiger partial charge in [0.25, 0.3) is 5.91 Å². The van der Waals surface area contributed by atoms with Crippen LogP contribution in [0, 0.1) is 6.92 Å². The predicted octanol–water partition coefficient (Wildman–Crippen LogP) is 2.56. The normalized spacial score (nSPS) is 15.4. The summed E-state index contributed by atoms with van der Waals surface area (Å²) in [4.78, 5) is 14.7. The Morgan fingerprint density at radius 3 is 2.57 bits per heavy atom. The Kier molecular flexibility index (Phi) is 5.23. The fourth-order valence-corrected chi connectivity index (χ4v) is 2.70. The molecule has 4 nitrogen and oxygen atoms in total. The van der Waals surface area contributed by atoms with Crippen LogP contribution in [-0.4, -0.2) is 43.6 Å². The van der Waals surface area contributed by atoms with E-state index in [9.17, 15) is 4.79 Å². The quantitative estimate of drug-likeness (QED) is 0.926. The second-order valence-electron chi connectivity index (χ2n) is 5.83. The summed E-state index contributed by atoms with van der Waals surface area (Å²) in [6.07, 6.45) is 0. The minimum Gasteiger partial charge on any atom is -0.494 e. The smallest absolute Gasteiger partial charge is 0.254 e. The molecule has 0 spiro atoms. The van der Waals surface area contributed by atoms with Gasteiger partial charge in [0, 0.05) is 31.7 Å². The van der Waals surface area contributed by atoms with Gasteiger partial charge in [-0.05, 0) is 43.0 Å². The maximum Gasteiger partial charge on any atom is 0.254 e. The highest BCUT2D eigenvalue weighted by molar-refractivity contribution is 5.96. The molecule has 1 saturated heterocycles. The SMILES string of the molecule is CCOc1cc(C)c(C(=O)N2CCNCC2)cc1C(C)C. The van der Waals surface area contributed by atoms with Crippen molar-refractivity contribution < 1.29 is 9.53 Å². The van der Waals surface area contributed by atoms with E-state index in [1.807, 2.05) is 30.9 Å². The number of carbonyl (C=O) groups is 1. The number of hydrogen-bond acceptors (Lipinski definition) is 3. The molecule has 1 aliphatic heterocycles. The highest BCUT2D eigenvalue weighted by atomic mass is 16.5. The minimum atomic E-state index is 0.138. The molecule has 0 aliphatic carbocycles. The summed E-state index contributed by atoms with van der Waals surface area (Å²) in [6, 6.07) is 4.03. The molecule has 4 heteroatoms. The average Bonchev–Trinajstić information content (AvgIpc) is 2.47. The van der Waals surface area contributed by atoms with Gasteiger partial charge in [-0.3, -0.25) is 4.79 Å². The number of benzene rings is 1. The maximum atomic E-state index is 12.7. The van der Waals surface area contributed by atoms with Crippen molar-refractivity contribution in [3.05, 3.63) is 28.8 Å². The van der Waals surface area contributed by atoms with Crippen LogP contribution in [-0.2, 0) is 0 Å². The third-order valence-electron chi connectivity index (χ3n) is 3.91. The van der Waals surface area contributed by atoms with Crippen molar-refractivity contribution in [3.63, 3.8) is 0 Å². The van der Waals surface area contributed by atoms with Crippen molar-refractivity contribution in [2.45, 2.75) is 33.6 Å². The standard InChI is InChI=1S/C17H26N2O2/c1-5-21-16-10-13(4)15(11-14(16)12(2)3)17(20)19-8-6-18-7-9-19/h10-12,18H,5-9H2,1-4H3. The number of nitrogens with zero attached hydrogens (tertiary/aromatic N) is 1. The molecule has 1 aromatic rings. The first-order valence-electron chi connectivity index (χ1n) is 7.82. The highest BCUT2D eigenvalue weighted by Gasteiger charge is 2.22. The van der Waals surface area contributed by atoms with E-state index in [1.54, 1.807) is 0 Å². The van der Waals surface area contributed by atoms with Crippen LogP contribution in [0.2, 0.25) is 0 Å². The van der Waals surface area contributed by atoms with E-state index >= 15 is 0 Å². The number of carbonyl (C=O) groups excluding carboxylic acids is 1. The number of piperazine rings is 1. The van der Waals surface area contributed by atoms with Crippen molar-refractivity contribution >= 4 is 5.91 Å². The van der Waals surface area contributed by atoms with Crippen LogP contribution in [0.4, 0.5) is 0 Å². The summed E-state index contributed by atoms with van der Waals surface area (Å²) in [6.45, 7) is 12.2. The molecule has 0 unspecified atom stereocenters. The Morgan fingerprint density at radius 2 is 2.00 bits per heavy atom. The van der Waals surface area contributed by atoms with Gasteiger partial charge in [0.1, 0.15) is 5.75 Å². The Morgan fingerprint density at radius 1 is 1.33 bits per heavy atom. The third kappa shape index (κ3) is 3.56. The molecule has 0 bridgehead atoms. The Balaban J connectivity index is 2.34. The monoisotopic (exact) mass is 290 g/mol. The molecule has 0 aromatic heterocycles. The molecule has 1 aliphatic rings. The van der Waals surface area contributed by atoms with Crippen LogP contribution >= 0.6 is 0 Å². The molecule has 1 aromatic carbocycles. The lowest BCUT2D eigenvalue weighted by Crippen LogP contribution is -2.46. The Labute approximate surface area is 127 Å². The first kappa shape index (κ1) is 15.8. The molecule has 0 saturated carbocycles. The molecule has 0 radical (unpaired) electrons. The van der Waals surface area contributed by atoms with E-state index in [2.05, 4.69) is 19.2 Å². The average molecular weight is 290 g/mol. The van der Waals surface area contributed by atoms with Gasteiger partial charge in [-0.2, -0.15) is 0 Å². The van der Waals surface area contributed by atoms with Gasteiger partial charge in [-0.25, -0.2) is 0 Å². The summed E-state index contributed by atoms with van der Waals surface area (Å²) < 4.78 is 5.72. The lowest BCUT2D eigenvalue weighted by atomic mass is 9.95. The Hall–Kier alpha value is -1.55. The number of aryl methyl sites for hydroxylation is 1. The lowest BCUT2D eigenvalue weighted by molar-refractivity contribution is 0.0735. The van der Waals surface area contributed by atoms with Crippen LogP contribution in [0.1, 0.15) is 48.2 Å². The number of nitrogens with one attached hydrogen (secondary N) is 1. The molecule has 1 amide bonds. The van der Waals surface area contributed by atoms with Crippen molar-refractivity contribution in [2.75, 3.05) is 32.8 Å². The van der Waals surface area contributed by atoms with Crippen molar-refractivity contribution in [2.24, 2.45) is 0 Å². The fourth-order valence-electron chi connectivity index (χ4n) is 2.70. The first-order chi connectivity index (χ1) is 10.0. The number of hydrogen-bond donors (Lipinski definition) is 1. The van der Waals surface area contributed by atoms with Gasteiger partial charge < -0.3 is 15.0 Å². The molecule has 0 atom stereocenters. The van der Waals surface area contributed by atoms with Gasteiger partial charge in [-0.1, -0.05) is 13.8 Å². The molecule has 1 N–H and O–H groups in total. The highest BCUT2D eigenvalue weighted by Crippen LogP contribution is 2.30. The largest absolute Gasteiger partial charge is 0.494 e. The molecule has 116 valence electrons. The minimum absolute atomic E-state index is 0.138. The van der Waals surface area contributed by atoms with E-state index in [4.69, 9.17) is 4.74 Å². The zero-order valence-corrected chi connectivity index (χ0v) is 13.5. The van der Waals surface area contributed by atoms with Gasteiger partial charge >= 0.3 is 0 Å². The lowest BCUT2D eigenvalue weighted by Gasteiger charge is -2.28. The van der Waals surface area contributed by atoms with Crippen molar-refractivity contribution in [1.29, 1.82) is 0 Å². The van der Waals surface area contributed by atoms with E-state index < -0.39 is 0 Å². The Bertz CT molecular complexity index is 506. The molecule has 2 rings (SSSR count). The van der Waals surface area contributed by atoms with Crippen LogP contribution in [0.3, 0.4) is 0 Å². The second kappa shape index (κ2) is 6.94. The van der Waals surface area contributed by atoms with E-state index in [1.165, 1.54) is 0 Å².